The summed E-state index contributed by atoms with van der Waals surface area (Å²) in [6, 6.07) is 6.17. The molecule has 0 bridgehead atoms. The zero-order valence-corrected chi connectivity index (χ0v) is 18.8. The number of aliphatic imine (C=N–C) groups is 1. The summed E-state index contributed by atoms with van der Waals surface area (Å²) in [6.07, 6.45) is 0.639. The second-order valence-corrected chi connectivity index (χ2v) is 7.23. The van der Waals surface area contributed by atoms with E-state index >= 15 is 0 Å². The van der Waals surface area contributed by atoms with Gasteiger partial charge in [-0.2, -0.15) is 4.98 Å². The minimum Gasteiger partial charge on any atom is -0.491 e. The number of nitrogens with zero attached hydrogens (tertiary/aromatic N) is 3. The number of aryl methyl sites for hydroxylation is 1. The van der Waals surface area contributed by atoms with Crippen LogP contribution in [-0.2, 0) is 17.7 Å². The number of rotatable bonds is 12. The van der Waals surface area contributed by atoms with Crippen molar-refractivity contribution in [1.82, 2.24) is 20.8 Å². The number of nitrogens with one attached hydrogen (secondary N) is 2. The summed E-state index contributed by atoms with van der Waals surface area (Å²) in [5, 5.41) is 10.6. The van der Waals surface area contributed by atoms with Crippen LogP contribution >= 0.6 is 0 Å². The first-order valence-corrected chi connectivity index (χ1v) is 10.7. The molecule has 0 saturated carbocycles. The smallest absolute Gasteiger partial charge is 0.228 e. The lowest BCUT2D eigenvalue weighted by Crippen LogP contribution is -2.38. The van der Waals surface area contributed by atoms with Gasteiger partial charge in [-0.15, -0.1) is 0 Å². The Morgan fingerprint density at radius 1 is 1.20 bits per heavy atom. The Balaban J connectivity index is 1.94. The second kappa shape index (κ2) is 12.8. The van der Waals surface area contributed by atoms with Gasteiger partial charge in [0.15, 0.2) is 11.8 Å². The van der Waals surface area contributed by atoms with E-state index in [1.54, 1.807) is 0 Å². The van der Waals surface area contributed by atoms with Crippen LogP contribution in [0.15, 0.2) is 27.7 Å². The predicted octanol–water partition coefficient (Wildman–Crippen LogP) is 3.21. The largest absolute Gasteiger partial charge is 0.491 e. The molecule has 0 unspecified atom stereocenters. The van der Waals surface area contributed by atoms with Crippen LogP contribution in [0.5, 0.6) is 5.75 Å². The normalized spacial score (nSPS) is 11.7. The lowest BCUT2D eigenvalue weighted by atomic mass is 10.1. The van der Waals surface area contributed by atoms with E-state index in [4.69, 9.17) is 19.0 Å². The molecule has 30 heavy (non-hydrogen) atoms. The summed E-state index contributed by atoms with van der Waals surface area (Å²) in [4.78, 5) is 9.10. The van der Waals surface area contributed by atoms with Gasteiger partial charge in [-0.25, -0.2) is 4.99 Å². The highest BCUT2D eigenvalue weighted by Crippen LogP contribution is 2.21. The van der Waals surface area contributed by atoms with E-state index in [1.807, 2.05) is 33.8 Å². The zero-order chi connectivity index (χ0) is 21.8. The highest BCUT2D eigenvalue weighted by molar-refractivity contribution is 5.79. The molecular formula is C22H35N5O3. The SMILES string of the molecule is CCNC(=NCc1ccc(C)cc1OCCOCC)NCCc1nc(C(C)C)no1. The van der Waals surface area contributed by atoms with Gasteiger partial charge >= 0.3 is 0 Å². The van der Waals surface area contributed by atoms with E-state index in [0.717, 1.165) is 35.2 Å². The van der Waals surface area contributed by atoms with Gasteiger partial charge in [-0.3, -0.25) is 0 Å². The van der Waals surface area contributed by atoms with Crippen LogP contribution in [0.2, 0.25) is 0 Å². The van der Waals surface area contributed by atoms with Crippen molar-refractivity contribution >= 4 is 5.96 Å². The van der Waals surface area contributed by atoms with Gasteiger partial charge < -0.3 is 24.6 Å². The maximum Gasteiger partial charge on any atom is 0.228 e. The number of benzene rings is 1. The van der Waals surface area contributed by atoms with Crippen molar-refractivity contribution < 1.29 is 14.0 Å². The van der Waals surface area contributed by atoms with E-state index in [2.05, 4.69) is 39.8 Å². The van der Waals surface area contributed by atoms with Gasteiger partial charge in [0.2, 0.25) is 5.89 Å². The molecule has 2 aromatic rings. The third-order valence-electron chi connectivity index (χ3n) is 4.30. The van der Waals surface area contributed by atoms with Crippen molar-refractivity contribution in [3.05, 3.63) is 41.0 Å². The number of guanidine groups is 1. The van der Waals surface area contributed by atoms with Crippen molar-refractivity contribution in [3.8, 4) is 5.75 Å². The second-order valence-electron chi connectivity index (χ2n) is 7.23. The van der Waals surface area contributed by atoms with Gasteiger partial charge in [0.1, 0.15) is 12.4 Å². The van der Waals surface area contributed by atoms with Gasteiger partial charge in [0.05, 0.1) is 13.2 Å². The molecule has 0 radical (unpaired) electrons. The molecule has 0 saturated heterocycles. The van der Waals surface area contributed by atoms with Gasteiger partial charge in [0.25, 0.3) is 0 Å². The molecule has 0 amide bonds. The van der Waals surface area contributed by atoms with Crippen molar-refractivity contribution in [3.63, 3.8) is 0 Å². The van der Waals surface area contributed by atoms with E-state index in [9.17, 15) is 0 Å². The molecule has 8 heteroatoms. The molecule has 0 fully saturated rings. The molecule has 2 N–H and O–H groups in total. The third kappa shape index (κ3) is 8.02. The molecule has 0 aliphatic carbocycles. The molecule has 1 aromatic carbocycles. The van der Waals surface area contributed by atoms with Gasteiger partial charge in [-0.05, 0) is 32.4 Å². The first-order chi connectivity index (χ1) is 14.5. The zero-order valence-electron chi connectivity index (χ0n) is 18.8. The first-order valence-electron chi connectivity index (χ1n) is 10.7. The van der Waals surface area contributed by atoms with Crippen molar-refractivity contribution in [2.45, 2.75) is 53.5 Å². The van der Waals surface area contributed by atoms with Crippen LogP contribution in [0.25, 0.3) is 0 Å². The van der Waals surface area contributed by atoms with Crippen LogP contribution in [-0.4, -0.2) is 49.0 Å². The van der Waals surface area contributed by atoms with Crippen molar-refractivity contribution in [2.75, 3.05) is 32.9 Å². The molecule has 166 valence electrons. The standard InChI is InChI=1S/C22H35N5O3/c1-6-23-22(24-11-10-20-26-21(16(3)4)27-30-20)25-15-18-9-8-17(5)14-19(18)29-13-12-28-7-2/h8-9,14,16H,6-7,10-13,15H2,1-5H3,(H2,23,24,25). The Morgan fingerprint density at radius 2 is 2.03 bits per heavy atom. The fourth-order valence-corrected chi connectivity index (χ4v) is 2.68. The van der Waals surface area contributed by atoms with Crippen LogP contribution in [0.1, 0.15) is 56.5 Å². The summed E-state index contributed by atoms with van der Waals surface area (Å²) >= 11 is 0. The molecule has 8 nitrogen and oxygen atoms in total. The van der Waals surface area contributed by atoms with E-state index in [1.165, 1.54) is 0 Å². The van der Waals surface area contributed by atoms with Crippen LogP contribution in [0, 0.1) is 6.92 Å². The molecule has 0 atom stereocenters. The number of hydrogen-bond donors (Lipinski definition) is 2. The summed E-state index contributed by atoms with van der Waals surface area (Å²) < 4.78 is 16.6. The summed E-state index contributed by atoms with van der Waals surface area (Å²) in [5.74, 6) is 3.21. The summed E-state index contributed by atoms with van der Waals surface area (Å²) in [7, 11) is 0. The summed E-state index contributed by atoms with van der Waals surface area (Å²) in [6.45, 7) is 13.9. The first kappa shape index (κ1) is 23.7. The maximum absolute atomic E-state index is 5.91. The Kier molecular flexibility index (Phi) is 10.1. The van der Waals surface area contributed by atoms with Gasteiger partial charge in [-0.1, -0.05) is 31.1 Å². The van der Waals surface area contributed by atoms with Crippen molar-refractivity contribution in [2.24, 2.45) is 4.99 Å². The van der Waals surface area contributed by atoms with Crippen LogP contribution < -0.4 is 15.4 Å². The number of hydrogen-bond acceptors (Lipinski definition) is 6. The Bertz CT molecular complexity index is 789. The quantitative estimate of drug-likeness (QED) is 0.311. The minimum atomic E-state index is 0.258. The predicted molar refractivity (Wildman–Crippen MR) is 118 cm³/mol. The molecule has 1 heterocycles. The van der Waals surface area contributed by atoms with E-state index in [0.29, 0.717) is 45.2 Å². The monoisotopic (exact) mass is 417 g/mol. The van der Waals surface area contributed by atoms with Gasteiger partial charge in [0, 0.05) is 37.6 Å². The number of aromatic nitrogens is 2. The van der Waals surface area contributed by atoms with E-state index < -0.39 is 0 Å². The molecule has 0 aliphatic heterocycles. The number of ether oxygens (including phenoxy) is 2. The Hall–Kier alpha value is -2.61. The topological polar surface area (TPSA) is 93.8 Å². The fourth-order valence-electron chi connectivity index (χ4n) is 2.68. The molecule has 0 spiro atoms. The Labute approximate surface area is 179 Å². The summed E-state index contributed by atoms with van der Waals surface area (Å²) in [5.41, 5.74) is 2.19. The molecule has 0 aliphatic rings. The molecule has 2 rings (SSSR count). The Morgan fingerprint density at radius 3 is 2.73 bits per heavy atom. The minimum absolute atomic E-state index is 0.258. The highest BCUT2D eigenvalue weighted by atomic mass is 16.5. The molecular weight excluding hydrogens is 382 g/mol. The highest BCUT2D eigenvalue weighted by Gasteiger charge is 2.10. The average Bonchev–Trinajstić information content (AvgIpc) is 3.20. The van der Waals surface area contributed by atoms with Crippen LogP contribution in [0.4, 0.5) is 0 Å². The van der Waals surface area contributed by atoms with Crippen LogP contribution in [0.3, 0.4) is 0 Å². The van der Waals surface area contributed by atoms with E-state index in [-0.39, 0.29) is 5.92 Å². The lowest BCUT2D eigenvalue weighted by Gasteiger charge is -2.13. The molecule has 1 aromatic heterocycles. The van der Waals surface area contributed by atoms with Crippen molar-refractivity contribution in [1.29, 1.82) is 0 Å². The average molecular weight is 418 g/mol. The lowest BCUT2D eigenvalue weighted by molar-refractivity contribution is 0.110. The fraction of sp³-hybridized carbons (Fsp3) is 0.591. The maximum atomic E-state index is 5.91. The third-order valence-corrected chi connectivity index (χ3v) is 4.30.